The summed E-state index contributed by atoms with van der Waals surface area (Å²) in [5.41, 5.74) is 6.80. The van der Waals surface area contributed by atoms with Crippen molar-refractivity contribution < 1.29 is 14.7 Å². The van der Waals surface area contributed by atoms with E-state index in [-0.39, 0.29) is 17.7 Å². The molecule has 1 aromatic rings. The Bertz CT molecular complexity index is 510. The molecule has 1 aliphatic heterocycles. The number of rotatable bonds is 3. The van der Waals surface area contributed by atoms with E-state index in [1.807, 2.05) is 6.07 Å². The van der Waals surface area contributed by atoms with E-state index in [4.69, 9.17) is 15.7 Å². The highest BCUT2D eigenvalue weighted by atomic mass is 16.5. The van der Waals surface area contributed by atoms with E-state index in [0.29, 0.717) is 24.5 Å². The second-order valence-electron chi connectivity index (χ2n) is 4.81. The minimum Gasteiger partial charge on any atom is -0.409 e. The van der Waals surface area contributed by atoms with E-state index in [0.717, 1.165) is 12.8 Å². The third kappa shape index (κ3) is 2.91. The molecule has 1 saturated heterocycles. The van der Waals surface area contributed by atoms with Gasteiger partial charge in [0.15, 0.2) is 5.84 Å². The number of ether oxygens (including phenoxy) is 1. The van der Waals surface area contributed by atoms with Crippen molar-refractivity contribution >= 4 is 17.4 Å². The lowest BCUT2D eigenvalue weighted by atomic mass is 10.00. The van der Waals surface area contributed by atoms with Gasteiger partial charge in [-0.1, -0.05) is 17.3 Å². The zero-order valence-corrected chi connectivity index (χ0v) is 11.5. The van der Waals surface area contributed by atoms with E-state index in [2.05, 4.69) is 5.16 Å². The predicted molar refractivity (Wildman–Crippen MR) is 75.9 cm³/mol. The smallest absolute Gasteiger partial charge is 0.232 e. The van der Waals surface area contributed by atoms with Crippen molar-refractivity contribution in [3.8, 4) is 0 Å². The normalized spacial score (nSPS) is 19.6. The first-order chi connectivity index (χ1) is 9.65. The number of nitrogens with zero attached hydrogens (tertiary/aromatic N) is 2. The van der Waals surface area contributed by atoms with Gasteiger partial charge in [0.05, 0.1) is 18.2 Å². The van der Waals surface area contributed by atoms with Crippen molar-refractivity contribution in [3.05, 3.63) is 29.8 Å². The Kier molecular flexibility index (Phi) is 4.57. The maximum atomic E-state index is 12.5. The molecule has 0 aliphatic carbocycles. The van der Waals surface area contributed by atoms with Gasteiger partial charge in [-0.05, 0) is 25.0 Å². The largest absolute Gasteiger partial charge is 0.409 e. The Hall–Kier alpha value is -2.08. The van der Waals surface area contributed by atoms with Gasteiger partial charge in [0.25, 0.3) is 0 Å². The van der Waals surface area contributed by atoms with E-state index in [1.54, 1.807) is 30.1 Å². The molecule has 6 heteroatoms. The number of benzene rings is 1. The molecule has 1 aromatic carbocycles. The van der Waals surface area contributed by atoms with E-state index < -0.39 is 0 Å². The number of hydrogen-bond donors (Lipinski definition) is 2. The van der Waals surface area contributed by atoms with Crippen LogP contribution in [0, 0.1) is 5.92 Å². The molecule has 0 radical (unpaired) electrons. The van der Waals surface area contributed by atoms with Crippen molar-refractivity contribution in [1.82, 2.24) is 0 Å². The monoisotopic (exact) mass is 277 g/mol. The Morgan fingerprint density at radius 2 is 2.25 bits per heavy atom. The highest BCUT2D eigenvalue weighted by Gasteiger charge is 2.26. The standard InChI is InChI=1S/C14H19N3O3/c1-17(14(18)10-5-4-8-20-9-10)12-7-3-2-6-11(12)13(15)16-19/h2-3,6-7,10,19H,4-5,8-9H2,1H3,(H2,15,16). The lowest BCUT2D eigenvalue weighted by Gasteiger charge is -2.27. The van der Waals surface area contributed by atoms with E-state index in [9.17, 15) is 4.79 Å². The molecule has 0 aromatic heterocycles. The molecule has 1 atom stereocenters. The molecule has 2 rings (SSSR count). The molecule has 1 aliphatic rings. The molecule has 3 N–H and O–H groups in total. The van der Waals surface area contributed by atoms with Gasteiger partial charge in [-0.15, -0.1) is 0 Å². The Balaban J connectivity index is 2.24. The molecule has 108 valence electrons. The molecule has 1 amide bonds. The number of anilines is 1. The molecular formula is C14H19N3O3. The van der Waals surface area contributed by atoms with Gasteiger partial charge in [-0.25, -0.2) is 0 Å². The van der Waals surface area contributed by atoms with Crippen LogP contribution in [0.15, 0.2) is 29.4 Å². The second kappa shape index (κ2) is 6.38. The minimum absolute atomic E-state index is 0.0112. The predicted octanol–water partition coefficient (Wildman–Crippen LogP) is 1.17. The first kappa shape index (κ1) is 14.3. The van der Waals surface area contributed by atoms with Crippen LogP contribution in [0.2, 0.25) is 0 Å². The van der Waals surface area contributed by atoms with Gasteiger partial charge in [-0.2, -0.15) is 0 Å². The summed E-state index contributed by atoms with van der Waals surface area (Å²) in [7, 11) is 1.69. The highest BCUT2D eigenvalue weighted by molar-refractivity contribution is 6.06. The van der Waals surface area contributed by atoms with Gasteiger partial charge in [0.1, 0.15) is 0 Å². The van der Waals surface area contributed by atoms with Gasteiger partial charge in [-0.3, -0.25) is 4.79 Å². The van der Waals surface area contributed by atoms with Crippen LogP contribution in [-0.2, 0) is 9.53 Å². The SMILES string of the molecule is CN(C(=O)C1CCCOC1)c1ccccc1/C(N)=N/O. The zero-order chi connectivity index (χ0) is 14.5. The average molecular weight is 277 g/mol. The summed E-state index contributed by atoms with van der Waals surface area (Å²) in [5.74, 6) is -0.155. The summed E-state index contributed by atoms with van der Waals surface area (Å²) in [5, 5.41) is 11.8. The van der Waals surface area contributed by atoms with Gasteiger partial charge in [0, 0.05) is 19.2 Å². The zero-order valence-electron chi connectivity index (χ0n) is 11.5. The molecule has 0 spiro atoms. The minimum atomic E-state index is -0.130. The lowest BCUT2D eigenvalue weighted by Crippen LogP contribution is -2.38. The summed E-state index contributed by atoms with van der Waals surface area (Å²) < 4.78 is 5.35. The van der Waals surface area contributed by atoms with Gasteiger partial charge in [0.2, 0.25) is 5.91 Å². The topological polar surface area (TPSA) is 88.2 Å². The molecule has 1 unspecified atom stereocenters. The summed E-state index contributed by atoms with van der Waals surface area (Å²) in [6.45, 7) is 1.17. The van der Waals surface area contributed by atoms with Crippen LogP contribution >= 0.6 is 0 Å². The fourth-order valence-electron chi connectivity index (χ4n) is 2.36. The van der Waals surface area contributed by atoms with Crippen LogP contribution in [0.1, 0.15) is 18.4 Å². The number of amidine groups is 1. The molecule has 6 nitrogen and oxygen atoms in total. The molecule has 1 heterocycles. The quantitative estimate of drug-likeness (QED) is 0.376. The van der Waals surface area contributed by atoms with Gasteiger partial charge >= 0.3 is 0 Å². The summed E-state index contributed by atoms with van der Waals surface area (Å²) >= 11 is 0. The van der Waals surface area contributed by atoms with Gasteiger partial charge < -0.3 is 20.6 Å². The number of hydrogen-bond acceptors (Lipinski definition) is 4. The fraction of sp³-hybridized carbons (Fsp3) is 0.429. The fourth-order valence-corrected chi connectivity index (χ4v) is 2.36. The van der Waals surface area contributed by atoms with Crippen molar-refractivity contribution in [1.29, 1.82) is 0 Å². The molecule has 20 heavy (non-hydrogen) atoms. The van der Waals surface area contributed by atoms with E-state index >= 15 is 0 Å². The Morgan fingerprint density at radius 1 is 1.50 bits per heavy atom. The van der Waals surface area contributed by atoms with Crippen molar-refractivity contribution in [2.24, 2.45) is 16.8 Å². The lowest BCUT2D eigenvalue weighted by molar-refractivity contribution is -0.125. The first-order valence-corrected chi connectivity index (χ1v) is 6.57. The third-order valence-electron chi connectivity index (χ3n) is 3.49. The number of oxime groups is 1. The van der Waals surface area contributed by atoms with Crippen molar-refractivity contribution in [2.45, 2.75) is 12.8 Å². The van der Waals surface area contributed by atoms with Crippen LogP contribution < -0.4 is 10.6 Å². The summed E-state index contributed by atoms with van der Waals surface area (Å²) in [6.07, 6.45) is 1.72. The molecule has 0 saturated carbocycles. The highest BCUT2D eigenvalue weighted by Crippen LogP contribution is 2.23. The van der Waals surface area contributed by atoms with Crippen LogP contribution in [0.5, 0.6) is 0 Å². The summed E-state index contributed by atoms with van der Waals surface area (Å²) in [6, 6.07) is 7.07. The maximum absolute atomic E-state index is 12.5. The van der Waals surface area contributed by atoms with Crippen LogP contribution in [0.3, 0.4) is 0 Å². The van der Waals surface area contributed by atoms with E-state index in [1.165, 1.54) is 0 Å². The Morgan fingerprint density at radius 3 is 2.90 bits per heavy atom. The summed E-state index contributed by atoms with van der Waals surface area (Å²) in [4.78, 5) is 14.0. The number of carbonyl (C=O) groups is 1. The number of carbonyl (C=O) groups excluding carboxylic acids is 1. The molecular weight excluding hydrogens is 258 g/mol. The number of amides is 1. The van der Waals surface area contributed by atoms with Crippen molar-refractivity contribution in [3.63, 3.8) is 0 Å². The van der Waals surface area contributed by atoms with Crippen LogP contribution in [-0.4, -0.2) is 37.2 Å². The molecule has 0 bridgehead atoms. The second-order valence-corrected chi connectivity index (χ2v) is 4.81. The average Bonchev–Trinajstić information content (AvgIpc) is 2.53. The number of nitrogens with two attached hydrogens (primary N) is 1. The first-order valence-electron chi connectivity index (χ1n) is 6.57. The maximum Gasteiger partial charge on any atom is 0.232 e. The van der Waals surface area contributed by atoms with Crippen LogP contribution in [0.4, 0.5) is 5.69 Å². The van der Waals surface area contributed by atoms with Crippen molar-refractivity contribution in [2.75, 3.05) is 25.2 Å². The Labute approximate surface area is 117 Å². The number of para-hydroxylation sites is 1. The third-order valence-corrected chi connectivity index (χ3v) is 3.49. The van der Waals surface area contributed by atoms with Crippen LogP contribution in [0.25, 0.3) is 0 Å². The molecule has 1 fully saturated rings.